The van der Waals surface area contributed by atoms with E-state index in [2.05, 4.69) is 20.2 Å². The summed E-state index contributed by atoms with van der Waals surface area (Å²) < 4.78 is 0. The second kappa shape index (κ2) is 10.1. The molecule has 30 heavy (non-hydrogen) atoms. The third-order valence-electron chi connectivity index (χ3n) is 4.14. The number of azo groups is 1. The molecule has 2 aromatic rings. The molecule has 1 unspecified atom stereocenters. The number of hydrogen-bond donors (Lipinski definition) is 2. The van der Waals surface area contributed by atoms with E-state index < -0.39 is 24.0 Å². The summed E-state index contributed by atoms with van der Waals surface area (Å²) in [5.74, 6) is -1.69. The highest BCUT2D eigenvalue weighted by Gasteiger charge is 2.49. The molecule has 0 saturated carbocycles. The molecule has 0 radical (unpaired) electrons. The maximum atomic E-state index is 13.0. The fraction of sp³-hybridized carbons (Fsp3) is 0.353. The Balaban J connectivity index is 1.90. The maximum Gasteiger partial charge on any atom is 0.337 e. The molecule has 0 aliphatic carbocycles. The van der Waals surface area contributed by atoms with Crippen molar-refractivity contribution in [1.29, 1.82) is 0 Å². The quantitative estimate of drug-likeness (QED) is 0.325. The first-order chi connectivity index (χ1) is 14.6. The van der Waals surface area contributed by atoms with Gasteiger partial charge in [-0.25, -0.2) is 9.78 Å². The second-order valence-electron chi connectivity index (χ2n) is 6.08. The van der Waals surface area contributed by atoms with Crippen LogP contribution in [-0.4, -0.2) is 91.9 Å². The van der Waals surface area contributed by atoms with Crippen LogP contribution in [0.3, 0.4) is 0 Å². The third kappa shape index (κ3) is 4.71. The zero-order chi connectivity index (χ0) is 21.5. The minimum Gasteiger partial charge on any atom is -0.395 e. The van der Waals surface area contributed by atoms with Gasteiger partial charge in [0.2, 0.25) is 11.3 Å². The van der Waals surface area contributed by atoms with Crippen molar-refractivity contribution in [3.05, 3.63) is 41.7 Å². The first-order valence-electron chi connectivity index (χ1n) is 8.90. The summed E-state index contributed by atoms with van der Waals surface area (Å²) in [5, 5.41) is 28.3. The average molecular weight is 433 g/mol. The Kier molecular flexibility index (Phi) is 7.24. The predicted octanol–water partition coefficient (Wildman–Crippen LogP) is 0.297. The number of nitrogens with zero attached hydrogens (tertiary/aromatic N) is 7. The molecule has 0 spiro atoms. The Hall–Kier alpha value is -3.13. The van der Waals surface area contributed by atoms with Gasteiger partial charge in [-0.05, 0) is 12.1 Å². The number of aromatic nitrogens is 2. The lowest BCUT2D eigenvalue weighted by Crippen LogP contribution is -2.45. The van der Waals surface area contributed by atoms with E-state index in [1.165, 1.54) is 42.1 Å². The van der Waals surface area contributed by atoms with Crippen LogP contribution in [0.4, 0.5) is 9.93 Å². The number of aliphatic hydroxyl groups is 2. The van der Waals surface area contributed by atoms with Crippen LogP contribution in [0.5, 0.6) is 0 Å². The van der Waals surface area contributed by atoms with Crippen LogP contribution in [0.1, 0.15) is 10.4 Å². The fourth-order valence-electron chi connectivity index (χ4n) is 2.75. The largest absolute Gasteiger partial charge is 0.395 e. The van der Waals surface area contributed by atoms with Gasteiger partial charge in [-0.1, -0.05) is 0 Å². The van der Waals surface area contributed by atoms with Gasteiger partial charge in [0.15, 0.2) is 0 Å². The van der Waals surface area contributed by atoms with E-state index in [9.17, 15) is 24.6 Å². The fourth-order valence-corrected chi connectivity index (χ4v) is 3.21. The van der Waals surface area contributed by atoms with Crippen molar-refractivity contribution < 1.29 is 24.6 Å². The predicted molar refractivity (Wildman–Crippen MR) is 104 cm³/mol. The van der Waals surface area contributed by atoms with Crippen LogP contribution in [0.15, 0.2) is 46.3 Å². The molecule has 3 heterocycles. The molecule has 1 saturated heterocycles. The summed E-state index contributed by atoms with van der Waals surface area (Å²) in [7, 11) is 0. The highest BCUT2D eigenvalue weighted by atomic mass is 32.1. The molecule has 3 rings (SSSR count). The number of carbonyl (C=O) groups excluding carboxylic acids is 3. The number of rotatable bonds is 9. The molecular formula is C17H19N7O5S. The molecule has 0 aromatic carbocycles. The molecular weight excluding hydrogens is 414 g/mol. The van der Waals surface area contributed by atoms with Crippen LogP contribution >= 0.6 is 11.3 Å². The molecule has 12 nitrogen and oxygen atoms in total. The Morgan fingerprint density at radius 2 is 2.00 bits per heavy atom. The average Bonchev–Trinajstić information content (AvgIpc) is 3.34. The van der Waals surface area contributed by atoms with Crippen LogP contribution in [-0.2, 0) is 4.79 Å². The molecule has 4 amide bonds. The van der Waals surface area contributed by atoms with Crippen LogP contribution in [0.25, 0.3) is 0 Å². The van der Waals surface area contributed by atoms with Gasteiger partial charge in [0, 0.05) is 37.1 Å². The van der Waals surface area contributed by atoms with Crippen LogP contribution in [0.2, 0.25) is 0 Å². The van der Waals surface area contributed by atoms with Crippen molar-refractivity contribution in [2.24, 2.45) is 10.2 Å². The molecule has 2 aromatic heterocycles. The zero-order valence-electron chi connectivity index (χ0n) is 15.7. The Bertz CT molecular complexity index is 902. The number of imide groups is 3. The molecule has 1 fully saturated rings. The van der Waals surface area contributed by atoms with E-state index in [4.69, 9.17) is 0 Å². The number of aliphatic hydroxyl groups excluding tert-OH is 2. The minimum absolute atomic E-state index is 0.0687. The molecule has 1 atom stereocenters. The lowest BCUT2D eigenvalue weighted by Gasteiger charge is -2.27. The summed E-state index contributed by atoms with van der Waals surface area (Å²) >= 11 is 1.19. The number of amides is 4. The molecule has 1 aliphatic rings. The lowest BCUT2D eigenvalue weighted by molar-refractivity contribution is -0.126. The van der Waals surface area contributed by atoms with Gasteiger partial charge >= 0.3 is 6.03 Å². The van der Waals surface area contributed by atoms with E-state index in [1.807, 2.05) is 0 Å². The molecule has 0 bridgehead atoms. The van der Waals surface area contributed by atoms with E-state index in [0.717, 1.165) is 4.90 Å². The number of hydrogen-bond acceptors (Lipinski definition) is 11. The smallest absolute Gasteiger partial charge is 0.337 e. The van der Waals surface area contributed by atoms with E-state index in [-0.39, 0.29) is 43.7 Å². The van der Waals surface area contributed by atoms with E-state index >= 15 is 0 Å². The number of pyridine rings is 1. The van der Waals surface area contributed by atoms with Crippen LogP contribution in [0, 0.1) is 0 Å². The SMILES string of the molecule is O=C(c1cccnc1)N1C(=O)C(N=Nc2nccs2)N(CN(CCO)CCO)C1=O. The Morgan fingerprint density at radius 1 is 1.23 bits per heavy atom. The topological polar surface area (TPSA) is 152 Å². The highest BCUT2D eigenvalue weighted by Crippen LogP contribution is 2.24. The van der Waals surface area contributed by atoms with Crippen molar-refractivity contribution in [3.8, 4) is 0 Å². The van der Waals surface area contributed by atoms with Crippen molar-refractivity contribution >= 4 is 34.3 Å². The summed E-state index contributed by atoms with van der Waals surface area (Å²) in [6, 6.07) is 2.08. The molecule has 13 heteroatoms. The van der Waals surface area contributed by atoms with Gasteiger partial charge in [-0.3, -0.25) is 24.4 Å². The normalized spacial score (nSPS) is 17.0. The van der Waals surface area contributed by atoms with Crippen molar-refractivity contribution in [1.82, 2.24) is 24.7 Å². The second-order valence-corrected chi connectivity index (χ2v) is 6.96. The minimum atomic E-state index is -1.39. The molecule has 158 valence electrons. The maximum absolute atomic E-state index is 13.0. The zero-order valence-corrected chi connectivity index (χ0v) is 16.6. The lowest BCUT2D eigenvalue weighted by atomic mass is 10.2. The van der Waals surface area contributed by atoms with Crippen molar-refractivity contribution in [2.75, 3.05) is 33.0 Å². The standard InChI is InChI=1S/C17H19N7O5S/c25-7-5-22(6-8-26)11-23-13(20-21-16-19-4-9-30-16)15(28)24(17(23)29)14(27)12-2-1-3-18-10-12/h1-4,9-10,13,25-26H,5-8,11H2. The van der Waals surface area contributed by atoms with Gasteiger partial charge < -0.3 is 10.2 Å². The summed E-state index contributed by atoms with van der Waals surface area (Å²) in [6.45, 7) is -0.305. The van der Waals surface area contributed by atoms with Gasteiger partial charge in [-0.2, -0.15) is 10.0 Å². The number of urea groups is 1. The number of thiazole rings is 1. The molecule has 1 aliphatic heterocycles. The van der Waals surface area contributed by atoms with Crippen LogP contribution < -0.4 is 0 Å². The first-order valence-corrected chi connectivity index (χ1v) is 9.78. The summed E-state index contributed by atoms with van der Waals surface area (Å²) in [5.41, 5.74) is 0.0687. The highest BCUT2D eigenvalue weighted by molar-refractivity contribution is 7.13. The first kappa shape index (κ1) is 21.6. The Morgan fingerprint density at radius 3 is 2.60 bits per heavy atom. The molecule has 2 N–H and O–H groups in total. The van der Waals surface area contributed by atoms with Crippen molar-refractivity contribution in [2.45, 2.75) is 6.17 Å². The van der Waals surface area contributed by atoms with Gasteiger partial charge in [0.05, 0.1) is 25.4 Å². The number of carbonyl (C=O) groups is 3. The van der Waals surface area contributed by atoms with Gasteiger partial charge in [0.1, 0.15) is 0 Å². The van der Waals surface area contributed by atoms with E-state index in [0.29, 0.717) is 4.90 Å². The Labute approximate surface area is 175 Å². The van der Waals surface area contributed by atoms with Crippen molar-refractivity contribution in [3.63, 3.8) is 0 Å². The van der Waals surface area contributed by atoms with Gasteiger partial charge in [-0.15, -0.1) is 16.5 Å². The van der Waals surface area contributed by atoms with Gasteiger partial charge in [0.25, 0.3) is 11.8 Å². The third-order valence-corrected chi connectivity index (χ3v) is 4.80. The monoisotopic (exact) mass is 433 g/mol. The van der Waals surface area contributed by atoms with E-state index in [1.54, 1.807) is 10.3 Å². The summed E-state index contributed by atoms with van der Waals surface area (Å²) in [6.07, 6.45) is 2.84. The summed E-state index contributed by atoms with van der Waals surface area (Å²) in [4.78, 5) is 49.6.